The predicted molar refractivity (Wildman–Crippen MR) is 87.4 cm³/mol. The Labute approximate surface area is 135 Å². The number of hydrogen-bond donors (Lipinski definition) is 2. The molecular weight excluding hydrogens is 363 g/mol. The van der Waals surface area contributed by atoms with E-state index in [4.69, 9.17) is 28.9 Å². The lowest BCUT2D eigenvalue weighted by Gasteiger charge is -2.10. The van der Waals surface area contributed by atoms with Crippen molar-refractivity contribution in [2.45, 2.75) is 6.42 Å². The van der Waals surface area contributed by atoms with Gasteiger partial charge in [0.25, 0.3) is 0 Å². The quantitative estimate of drug-likeness (QED) is 0.777. The maximum absolute atomic E-state index is 12.0. The summed E-state index contributed by atoms with van der Waals surface area (Å²) in [4.78, 5) is 12.0. The van der Waals surface area contributed by atoms with Gasteiger partial charge in [0.15, 0.2) is 0 Å². The number of anilines is 2. The molecule has 0 aromatic heterocycles. The van der Waals surface area contributed by atoms with E-state index >= 15 is 0 Å². The highest BCUT2D eigenvalue weighted by atomic mass is 79.9. The van der Waals surface area contributed by atoms with Crippen molar-refractivity contribution in [2.75, 3.05) is 11.1 Å². The van der Waals surface area contributed by atoms with Crippen LogP contribution in [-0.4, -0.2) is 5.91 Å². The minimum absolute atomic E-state index is 0.194. The third-order valence-corrected chi connectivity index (χ3v) is 3.67. The summed E-state index contributed by atoms with van der Waals surface area (Å²) in [5, 5.41) is 3.48. The van der Waals surface area contributed by atoms with Crippen LogP contribution >= 0.6 is 39.1 Å². The zero-order chi connectivity index (χ0) is 14.7. The molecule has 0 aliphatic rings. The first-order chi connectivity index (χ1) is 9.45. The van der Waals surface area contributed by atoms with E-state index in [2.05, 4.69) is 21.2 Å². The minimum Gasteiger partial charge on any atom is -0.399 e. The standard InChI is InChI=1S/C14H11BrCl2N2O/c15-9-6-11(16)14(12(17)7-9)19-13(20)5-8-1-3-10(18)4-2-8/h1-4,6-7H,5,18H2,(H,19,20). The van der Waals surface area contributed by atoms with Crippen LogP contribution in [0.5, 0.6) is 0 Å². The Morgan fingerprint density at radius 2 is 1.70 bits per heavy atom. The number of hydrogen-bond acceptors (Lipinski definition) is 2. The van der Waals surface area contributed by atoms with E-state index in [1.165, 1.54) is 0 Å². The smallest absolute Gasteiger partial charge is 0.228 e. The van der Waals surface area contributed by atoms with Crippen molar-refractivity contribution in [1.29, 1.82) is 0 Å². The van der Waals surface area contributed by atoms with Crippen molar-refractivity contribution in [3.05, 3.63) is 56.5 Å². The summed E-state index contributed by atoms with van der Waals surface area (Å²) in [6, 6.07) is 10.5. The fourth-order valence-corrected chi connectivity index (χ4v) is 2.97. The minimum atomic E-state index is -0.194. The molecular formula is C14H11BrCl2N2O. The number of benzene rings is 2. The van der Waals surface area contributed by atoms with Crippen LogP contribution in [0.1, 0.15) is 5.56 Å². The fourth-order valence-electron chi connectivity index (χ4n) is 1.67. The molecule has 0 unspecified atom stereocenters. The Bertz CT molecular complexity index is 621. The van der Waals surface area contributed by atoms with Crippen LogP contribution in [0.2, 0.25) is 10.0 Å². The Morgan fingerprint density at radius 3 is 2.25 bits per heavy atom. The fraction of sp³-hybridized carbons (Fsp3) is 0.0714. The molecule has 2 rings (SSSR count). The zero-order valence-electron chi connectivity index (χ0n) is 10.3. The molecule has 3 N–H and O–H groups in total. The molecule has 0 heterocycles. The van der Waals surface area contributed by atoms with E-state index in [-0.39, 0.29) is 12.3 Å². The molecule has 3 nitrogen and oxygen atoms in total. The van der Waals surface area contributed by atoms with E-state index in [1.54, 1.807) is 36.4 Å². The number of halogens is 3. The molecule has 6 heteroatoms. The second-order valence-corrected chi connectivity index (χ2v) is 5.94. The summed E-state index contributed by atoms with van der Waals surface area (Å²) in [6.45, 7) is 0. The van der Waals surface area contributed by atoms with Gasteiger partial charge in [0.2, 0.25) is 5.91 Å². The first-order valence-corrected chi connectivity index (χ1v) is 7.29. The normalized spacial score (nSPS) is 10.3. The number of nitrogens with two attached hydrogens (primary N) is 1. The van der Waals surface area contributed by atoms with Gasteiger partial charge in [-0.2, -0.15) is 0 Å². The second-order valence-electron chi connectivity index (χ2n) is 4.21. The van der Waals surface area contributed by atoms with Crippen molar-refractivity contribution in [1.82, 2.24) is 0 Å². The van der Waals surface area contributed by atoms with Crippen LogP contribution in [0.4, 0.5) is 11.4 Å². The number of carbonyl (C=O) groups excluding carboxylic acids is 1. The topological polar surface area (TPSA) is 55.1 Å². The number of amides is 1. The molecule has 2 aromatic rings. The summed E-state index contributed by atoms with van der Waals surface area (Å²) < 4.78 is 0.754. The average Bonchev–Trinajstić information content (AvgIpc) is 2.36. The van der Waals surface area contributed by atoms with Crippen molar-refractivity contribution in [2.24, 2.45) is 0 Å². The van der Waals surface area contributed by atoms with E-state index in [1.807, 2.05) is 0 Å². The first-order valence-electron chi connectivity index (χ1n) is 5.74. The van der Waals surface area contributed by atoms with Gasteiger partial charge in [-0.3, -0.25) is 4.79 Å². The SMILES string of the molecule is Nc1ccc(CC(=O)Nc2c(Cl)cc(Br)cc2Cl)cc1. The molecule has 0 saturated heterocycles. The Kier molecular flexibility index (Phi) is 4.91. The Balaban J connectivity index is 2.10. The summed E-state index contributed by atoms with van der Waals surface area (Å²) in [7, 11) is 0. The maximum atomic E-state index is 12.0. The Hall–Kier alpha value is -1.23. The second kappa shape index (κ2) is 6.48. The van der Waals surface area contributed by atoms with Crippen LogP contribution in [0.3, 0.4) is 0 Å². The van der Waals surface area contributed by atoms with Crippen molar-refractivity contribution in [3.63, 3.8) is 0 Å². The number of nitrogens with one attached hydrogen (secondary N) is 1. The summed E-state index contributed by atoms with van der Waals surface area (Å²) in [5.41, 5.74) is 7.53. The van der Waals surface area contributed by atoms with Crippen molar-refractivity contribution >= 4 is 56.4 Å². The lowest BCUT2D eigenvalue weighted by atomic mass is 10.1. The molecule has 0 fully saturated rings. The lowest BCUT2D eigenvalue weighted by molar-refractivity contribution is -0.115. The summed E-state index contributed by atoms with van der Waals surface area (Å²) in [6.07, 6.45) is 0.225. The van der Waals surface area contributed by atoms with Crippen molar-refractivity contribution in [3.8, 4) is 0 Å². The van der Waals surface area contributed by atoms with Gasteiger partial charge in [0.1, 0.15) is 0 Å². The van der Waals surface area contributed by atoms with E-state index in [9.17, 15) is 4.79 Å². The maximum Gasteiger partial charge on any atom is 0.228 e. The van der Waals surface area contributed by atoms with E-state index < -0.39 is 0 Å². The third kappa shape index (κ3) is 3.88. The van der Waals surface area contributed by atoms with Gasteiger partial charge in [-0.1, -0.05) is 51.3 Å². The highest BCUT2D eigenvalue weighted by Gasteiger charge is 2.11. The van der Waals surface area contributed by atoms with Gasteiger partial charge >= 0.3 is 0 Å². The summed E-state index contributed by atoms with van der Waals surface area (Å²) >= 11 is 15.4. The molecule has 0 radical (unpaired) electrons. The summed E-state index contributed by atoms with van der Waals surface area (Å²) in [5.74, 6) is -0.194. The van der Waals surface area contributed by atoms with Crippen LogP contribution in [-0.2, 0) is 11.2 Å². The van der Waals surface area contributed by atoms with E-state index in [0.717, 1.165) is 10.0 Å². The molecule has 0 aliphatic carbocycles. The highest BCUT2D eigenvalue weighted by molar-refractivity contribution is 9.10. The van der Waals surface area contributed by atoms with Gasteiger partial charge in [-0.15, -0.1) is 0 Å². The van der Waals surface area contributed by atoms with Crippen LogP contribution < -0.4 is 11.1 Å². The number of nitrogen functional groups attached to an aromatic ring is 1. The van der Waals surface area contributed by atoms with Gasteiger partial charge in [0.05, 0.1) is 22.2 Å². The van der Waals surface area contributed by atoms with Gasteiger partial charge in [0, 0.05) is 10.2 Å². The van der Waals surface area contributed by atoms with Crippen LogP contribution in [0, 0.1) is 0 Å². The molecule has 2 aromatic carbocycles. The molecule has 1 amide bonds. The van der Waals surface area contributed by atoms with Gasteiger partial charge in [-0.05, 0) is 29.8 Å². The molecule has 0 bridgehead atoms. The molecule has 0 saturated carbocycles. The highest BCUT2D eigenvalue weighted by Crippen LogP contribution is 2.33. The lowest BCUT2D eigenvalue weighted by Crippen LogP contribution is -2.15. The number of rotatable bonds is 3. The first kappa shape index (κ1) is 15.2. The van der Waals surface area contributed by atoms with Crippen molar-refractivity contribution < 1.29 is 4.79 Å². The predicted octanol–water partition coefficient (Wildman–Crippen LogP) is 4.52. The third-order valence-electron chi connectivity index (χ3n) is 2.62. The molecule has 20 heavy (non-hydrogen) atoms. The molecule has 0 atom stereocenters. The molecule has 104 valence electrons. The zero-order valence-corrected chi connectivity index (χ0v) is 13.4. The van der Waals surface area contributed by atoms with Gasteiger partial charge in [-0.25, -0.2) is 0 Å². The largest absolute Gasteiger partial charge is 0.399 e. The van der Waals surface area contributed by atoms with Gasteiger partial charge < -0.3 is 11.1 Å². The van der Waals surface area contributed by atoms with Crippen LogP contribution in [0.25, 0.3) is 0 Å². The average molecular weight is 374 g/mol. The van der Waals surface area contributed by atoms with Crippen LogP contribution in [0.15, 0.2) is 40.9 Å². The Morgan fingerprint density at radius 1 is 1.15 bits per heavy atom. The monoisotopic (exact) mass is 372 g/mol. The molecule has 0 aliphatic heterocycles. The number of carbonyl (C=O) groups is 1. The molecule has 0 spiro atoms. The van der Waals surface area contributed by atoms with E-state index in [0.29, 0.717) is 21.4 Å².